The monoisotopic (exact) mass is 245 g/mol. The molecule has 4 nitrogen and oxygen atoms in total. The van der Waals surface area contributed by atoms with Gasteiger partial charge in [0.2, 0.25) is 0 Å². The lowest BCUT2D eigenvalue weighted by Crippen LogP contribution is -2.36. The van der Waals surface area contributed by atoms with Crippen LogP contribution in [0.1, 0.15) is 45.4 Å². The first-order valence-electron chi connectivity index (χ1n) is 6.93. The summed E-state index contributed by atoms with van der Waals surface area (Å²) in [6.07, 6.45) is 6.75. The SMILES string of the molecule is CCCCCCCCO[C@H]1CN[C@@H](CO)[C@@H]1O. The summed E-state index contributed by atoms with van der Waals surface area (Å²) in [6, 6.07) is -0.218. The second-order valence-corrected chi connectivity index (χ2v) is 4.86. The van der Waals surface area contributed by atoms with E-state index >= 15 is 0 Å². The first kappa shape index (κ1) is 14.9. The number of aliphatic hydroxyl groups excluding tert-OH is 2. The standard InChI is InChI=1S/C13H27NO3/c1-2-3-4-5-6-7-8-17-12-9-14-11(10-15)13(12)16/h11-16H,2-10H2,1H3/t11-,12-,13-/m0/s1. The number of rotatable bonds is 9. The highest BCUT2D eigenvalue weighted by molar-refractivity contribution is 4.90. The molecule has 0 aromatic heterocycles. The van der Waals surface area contributed by atoms with Crippen molar-refractivity contribution in [2.24, 2.45) is 0 Å². The summed E-state index contributed by atoms with van der Waals surface area (Å²) >= 11 is 0. The summed E-state index contributed by atoms with van der Waals surface area (Å²) in [4.78, 5) is 0. The van der Waals surface area contributed by atoms with Crippen molar-refractivity contribution in [2.75, 3.05) is 19.8 Å². The van der Waals surface area contributed by atoms with Crippen LogP contribution >= 0.6 is 0 Å². The molecule has 0 aromatic rings. The number of ether oxygens (including phenoxy) is 1. The van der Waals surface area contributed by atoms with E-state index < -0.39 is 6.10 Å². The fourth-order valence-corrected chi connectivity index (χ4v) is 2.22. The van der Waals surface area contributed by atoms with Gasteiger partial charge in [-0.2, -0.15) is 0 Å². The molecule has 1 saturated heterocycles. The quantitative estimate of drug-likeness (QED) is 0.532. The Hall–Kier alpha value is -0.160. The molecule has 1 aliphatic rings. The van der Waals surface area contributed by atoms with Gasteiger partial charge in [0, 0.05) is 13.2 Å². The summed E-state index contributed by atoms with van der Waals surface area (Å²) in [5.74, 6) is 0. The van der Waals surface area contributed by atoms with Gasteiger partial charge in [-0.1, -0.05) is 39.0 Å². The van der Waals surface area contributed by atoms with Crippen LogP contribution < -0.4 is 5.32 Å². The highest BCUT2D eigenvalue weighted by Crippen LogP contribution is 2.12. The third-order valence-electron chi connectivity index (χ3n) is 3.40. The van der Waals surface area contributed by atoms with E-state index in [1.165, 1.54) is 32.1 Å². The smallest absolute Gasteiger partial charge is 0.0989 e. The molecule has 1 fully saturated rings. The van der Waals surface area contributed by atoms with Gasteiger partial charge in [0.15, 0.2) is 0 Å². The molecule has 3 atom stereocenters. The van der Waals surface area contributed by atoms with E-state index in [9.17, 15) is 5.11 Å². The summed E-state index contributed by atoms with van der Waals surface area (Å²) in [7, 11) is 0. The lowest BCUT2D eigenvalue weighted by molar-refractivity contribution is -0.0236. The lowest BCUT2D eigenvalue weighted by atomic mass is 10.1. The molecule has 0 aliphatic carbocycles. The van der Waals surface area contributed by atoms with Crippen LogP contribution in [0.3, 0.4) is 0 Å². The molecular formula is C13H27NO3. The second-order valence-electron chi connectivity index (χ2n) is 4.86. The van der Waals surface area contributed by atoms with Crippen molar-refractivity contribution in [2.45, 2.75) is 63.7 Å². The Kier molecular flexibility index (Phi) is 7.77. The zero-order valence-corrected chi connectivity index (χ0v) is 10.9. The van der Waals surface area contributed by atoms with Crippen molar-refractivity contribution in [3.05, 3.63) is 0 Å². The van der Waals surface area contributed by atoms with Gasteiger partial charge in [-0.3, -0.25) is 0 Å². The predicted octanol–water partition coefficient (Wildman–Crippen LogP) is 1.06. The molecular weight excluding hydrogens is 218 g/mol. The second kappa shape index (κ2) is 8.86. The summed E-state index contributed by atoms with van der Waals surface area (Å²) in [6.45, 7) is 3.54. The maximum Gasteiger partial charge on any atom is 0.0989 e. The molecule has 0 bridgehead atoms. The number of unbranched alkanes of at least 4 members (excludes halogenated alkanes) is 5. The van der Waals surface area contributed by atoms with Crippen molar-refractivity contribution in [1.29, 1.82) is 0 Å². The fraction of sp³-hybridized carbons (Fsp3) is 1.00. The van der Waals surface area contributed by atoms with Gasteiger partial charge < -0.3 is 20.3 Å². The van der Waals surface area contributed by atoms with E-state index in [0.717, 1.165) is 6.42 Å². The Morgan fingerprint density at radius 2 is 1.88 bits per heavy atom. The molecule has 0 saturated carbocycles. The van der Waals surface area contributed by atoms with Gasteiger partial charge in [-0.05, 0) is 6.42 Å². The first-order valence-corrected chi connectivity index (χ1v) is 6.93. The van der Waals surface area contributed by atoms with Crippen LogP contribution in [0.4, 0.5) is 0 Å². The third kappa shape index (κ3) is 5.34. The molecule has 0 radical (unpaired) electrons. The largest absolute Gasteiger partial charge is 0.395 e. The average molecular weight is 245 g/mol. The van der Waals surface area contributed by atoms with Gasteiger partial charge in [-0.25, -0.2) is 0 Å². The van der Waals surface area contributed by atoms with Crippen molar-refractivity contribution in [3.63, 3.8) is 0 Å². The van der Waals surface area contributed by atoms with Crippen LogP contribution in [-0.2, 0) is 4.74 Å². The molecule has 1 rings (SSSR count). The molecule has 17 heavy (non-hydrogen) atoms. The van der Waals surface area contributed by atoms with E-state index in [1.807, 2.05) is 0 Å². The van der Waals surface area contributed by atoms with Crippen molar-refractivity contribution in [1.82, 2.24) is 5.32 Å². The molecule has 1 heterocycles. The molecule has 102 valence electrons. The maximum absolute atomic E-state index is 9.77. The van der Waals surface area contributed by atoms with Gasteiger partial charge >= 0.3 is 0 Å². The zero-order chi connectivity index (χ0) is 12.5. The molecule has 0 unspecified atom stereocenters. The van der Waals surface area contributed by atoms with Crippen LogP contribution in [0.15, 0.2) is 0 Å². The summed E-state index contributed by atoms with van der Waals surface area (Å²) < 4.78 is 5.63. The van der Waals surface area contributed by atoms with E-state index in [4.69, 9.17) is 9.84 Å². The van der Waals surface area contributed by atoms with Gasteiger partial charge in [0.05, 0.1) is 24.9 Å². The highest BCUT2D eigenvalue weighted by atomic mass is 16.5. The van der Waals surface area contributed by atoms with Gasteiger partial charge in [-0.15, -0.1) is 0 Å². The summed E-state index contributed by atoms with van der Waals surface area (Å²) in [5, 5.41) is 21.8. The minimum absolute atomic E-state index is 0.0297. The van der Waals surface area contributed by atoms with E-state index in [-0.39, 0.29) is 18.8 Å². The molecule has 3 N–H and O–H groups in total. The van der Waals surface area contributed by atoms with E-state index in [0.29, 0.717) is 13.2 Å². The number of hydrogen-bond donors (Lipinski definition) is 3. The average Bonchev–Trinajstić information content (AvgIpc) is 2.69. The molecule has 4 heteroatoms. The van der Waals surface area contributed by atoms with Crippen molar-refractivity contribution in [3.8, 4) is 0 Å². The topological polar surface area (TPSA) is 61.7 Å². The third-order valence-corrected chi connectivity index (χ3v) is 3.40. The summed E-state index contributed by atoms with van der Waals surface area (Å²) in [5.41, 5.74) is 0. The Bertz CT molecular complexity index is 190. The minimum Gasteiger partial charge on any atom is -0.395 e. The predicted molar refractivity (Wildman–Crippen MR) is 68.0 cm³/mol. The Morgan fingerprint density at radius 1 is 1.18 bits per heavy atom. The van der Waals surface area contributed by atoms with Crippen LogP contribution in [0.25, 0.3) is 0 Å². The Morgan fingerprint density at radius 3 is 2.53 bits per heavy atom. The lowest BCUT2D eigenvalue weighted by Gasteiger charge is -2.17. The normalized spacial score (nSPS) is 28.8. The van der Waals surface area contributed by atoms with Crippen LogP contribution in [0, 0.1) is 0 Å². The molecule has 0 spiro atoms. The van der Waals surface area contributed by atoms with E-state index in [2.05, 4.69) is 12.2 Å². The Labute approximate surface area is 104 Å². The molecule has 1 aliphatic heterocycles. The van der Waals surface area contributed by atoms with Crippen LogP contribution in [0.5, 0.6) is 0 Å². The van der Waals surface area contributed by atoms with Crippen molar-refractivity contribution < 1.29 is 14.9 Å². The number of aliphatic hydroxyl groups is 2. The highest BCUT2D eigenvalue weighted by Gasteiger charge is 2.34. The van der Waals surface area contributed by atoms with Crippen LogP contribution in [-0.4, -0.2) is 48.2 Å². The van der Waals surface area contributed by atoms with Gasteiger partial charge in [0.25, 0.3) is 0 Å². The van der Waals surface area contributed by atoms with E-state index in [1.54, 1.807) is 0 Å². The molecule has 0 amide bonds. The van der Waals surface area contributed by atoms with Gasteiger partial charge in [0.1, 0.15) is 0 Å². The van der Waals surface area contributed by atoms with Crippen LogP contribution in [0.2, 0.25) is 0 Å². The zero-order valence-electron chi connectivity index (χ0n) is 10.9. The number of hydrogen-bond acceptors (Lipinski definition) is 4. The Balaban J connectivity index is 1.96. The number of nitrogens with one attached hydrogen (secondary N) is 1. The van der Waals surface area contributed by atoms with Crippen molar-refractivity contribution >= 4 is 0 Å². The fourth-order valence-electron chi connectivity index (χ4n) is 2.22. The first-order chi connectivity index (χ1) is 8.29. The molecule has 0 aromatic carbocycles. The maximum atomic E-state index is 9.77. The minimum atomic E-state index is -0.569.